The average molecular weight is 440 g/mol. The van der Waals surface area contributed by atoms with Crippen molar-refractivity contribution in [2.45, 2.75) is 19.4 Å². The second kappa shape index (κ2) is 12.0. The summed E-state index contributed by atoms with van der Waals surface area (Å²) in [5, 5.41) is 17.6. The first-order valence-corrected chi connectivity index (χ1v) is 10.6. The number of amides is 2. The molecule has 0 aliphatic carbocycles. The van der Waals surface area contributed by atoms with Crippen molar-refractivity contribution in [2.75, 3.05) is 57.1 Å². The van der Waals surface area contributed by atoms with Crippen LogP contribution >= 0.6 is 0 Å². The number of methoxy groups -OCH3 is 1. The third kappa shape index (κ3) is 7.16. The van der Waals surface area contributed by atoms with Gasteiger partial charge in [-0.15, -0.1) is 0 Å². The van der Waals surface area contributed by atoms with Gasteiger partial charge in [-0.2, -0.15) is 5.26 Å². The van der Waals surface area contributed by atoms with Gasteiger partial charge in [0.15, 0.2) is 11.5 Å². The molecule has 0 spiro atoms. The number of morpholine rings is 1. The molecule has 10 nitrogen and oxygen atoms in total. The molecule has 1 aromatic heterocycles. The minimum atomic E-state index is -0.478. The molecule has 1 saturated heterocycles. The summed E-state index contributed by atoms with van der Waals surface area (Å²) >= 11 is 0. The molecule has 0 radical (unpaired) electrons. The number of urea groups is 1. The molecular weight excluding hydrogens is 410 g/mol. The van der Waals surface area contributed by atoms with E-state index in [0.717, 1.165) is 51.4 Å². The van der Waals surface area contributed by atoms with Gasteiger partial charge in [0.1, 0.15) is 11.8 Å². The number of nitriles is 1. The number of hydrogen-bond acceptors (Lipinski definition) is 8. The summed E-state index contributed by atoms with van der Waals surface area (Å²) in [7, 11) is 1.57. The number of anilines is 2. The van der Waals surface area contributed by atoms with Gasteiger partial charge < -0.3 is 20.1 Å². The van der Waals surface area contributed by atoms with Crippen LogP contribution < -0.4 is 20.7 Å². The molecule has 0 saturated carbocycles. The second-order valence-corrected chi connectivity index (χ2v) is 7.53. The molecule has 0 unspecified atom stereocenters. The minimum absolute atomic E-state index is 0.179. The van der Waals surface area contributed by atoms with Gasteiger partial charge in [0.05, 0.1) is 38.4 Å². The topological polar surface area (TPSA) is 124 Å². The maximum atomic E-state index is 12.3. The Kier molecular flexibility index (Phi) is 8.74. The molecule has 32 heavy (non-hydrogen) atoms. The number of nitrogens with one attached hydrogen (secondary N) is 3. The summed E-state index contributed by atoms with van der Waals surface area (Å²) < 4.78 is 10.8. The van der Waals surface area contributed by atoms with Crippen molar-refractivity contribution >= 4 is 17.5 Å². The van der Waals surface area contributed by atoms with Gasteiger partial charge in [-0.25, -0.2) is 14.8 Å². The van der Waals surface area contributed by atoms with E-state index in [4.69, 9.17) is 14.7 Å². The third-order valence-corrected chi connectivity index (χ3v) is 5.06. The van der Waals surface area contributed by atoms with E-state index in [2.05, 4.69) is 37.7 Å². The smallest absolute Gasteiger partial charge is 0.324 e. The van der Waals surface area contributed by atoms with Crippen LogP contribution in [0.5, 0.6) is 5.75 Å². The van der Waals surface area contributed by atoms with E-state index < -0.39 is 6.03 Å². The van der Waals surface area contributed by atoms with Crippen molar-refractivity contribution in [3.8, 4) is 11.8 Å². The fraction of sp³-hybridized carbons (Fsp3) is 0.455. The van der Waals surface area contributed by atoms with Crippen LogP contribution in [0.4, 0.5) is 16.3 Å². The molecule has 1 fully saturated rings. The molecule has 170 valence electrons. The van der Waals surface area contributed by atoms with E-state index in [1.807, 2.05) is 24.3 Å². The lowest BCUT2D eigenvalue weighted by Gasteiger charge is -2.29. The molecule has 1 aromatic carbocycles. The van der Waals surface area contributed by atoms with Crippen LogP contribution in [-0.2, 0) is 11.2 Å². The van der Waals surface area contributed by atoms with Gasteiger partial charge in [-0.3, -0.25) is 10.2 Å². The van der Waals surface area contributed by atoms with Crippen molar-refractivity contribution in [2.24, 2.45) is 0 Å². The SMILES string of the molecule is COc1cc(CCN[C@@H](C)CN2CCOCC2)ccc1NC(=O)Nc1cnc(C#N)cn1. The van der Waals surface area contributed by atoms with Crippen molar-refractivity contribution < 1.29 is 14.3 Å². The summed E-state index contributed by atoms with van der Waals surface area (Å²) in [6.07, 6.45) is 3.46. The van der Waals surface area contributed by atoms with Crippen LogP contribution in [0.2, 0.25) is 0 Å². The fourth-order valence-electron chi connectivity index (χ4n) is 3.41. The normalized spacial score (nSPS) is 14.9. The molecule has 2 aromatic rings. The quantitative estimate of drug-likeness (QED) is 0.541. The van der Waals surface area contributed by atoms with E-state index in [-0.39, 0.29) is 11.5 Å². The number of aromatic nitrogens is 2. The van der Waals surface area contributed by atoms with Crippen LogP contribution in [-0.4, -0.2) is 73.4 Å². The molecule has 1 aliphatic heterocycles. The predicted molar refractivity (Wildman–Crippen MR) is 121 cm³/mol. The molecule has 3 N–H and O–H groups in total. The summed E-state index contributed by atoms with van der Waals surface area (Å²) in [6, 6.07) is 7.50. The largest absolute Gasteiger partial charge is 0.495 e. The van der Waals surface area contributed by atoms with Gasteiger partial charge in [0.2, 0.25) is 0 Å². The lowest BCUT2D eigenvalue weighted by Crippen LogP contribution is -2.44. The highest BCUT2D eigenvalue weighted by Gasteiger charge is 2.14. The van der Waals surface area contributed by atoms with Crippen molar-refractivity contribution in [1.29, 1.82) is 5.26 Å². The van der Waals surface area contributed by atoms with Crippen LogP contribution in [0.1, 0.15) is 18.2 Å². The number of nitrogens with zero attached hydrogens (tertiary/aromatic N) is 4. The Morgan fingerprint density at radius 3 is 2.78 bits per heavy atom. The first-order valence-electron chi connectivity index (χ1n) is 10.6. The summed E-state index contributed by atoms with van der Waals surface area (Å²) in [5.74, 6) is 0.819. The van der Waals surface area contributed by atoms with E-state index in [9.17, 15) is 4.79 Å². The van der Waals surface area contributed by atoms with E-state index in [1.54, 1.807) is 7.11 Å². The number of ether oxygens (including phenoxy) is 2. The monoisotopic (exact) mass is 439 g/mol. The summed E-state index contributed by atoms with van der Waals surface area (Å²) in [5.41, 5.74) is 1.83. The first-order chi connectivity index (χ1) is 15.6. The Hall–Kier alpha value is -3.26. The van der Waals surface area contributed by atoms with Crippen LogP contribution in [0.3, 0.4) is 0 Å². The maximum Gasteiger partial charge on any atom is 0.324 e. The minimum Gasteiger partial charge on any atom is -0.495 e. The molecule has 0 bridgehead atoms. The molecule has 3 rings (SSSR count). The number of carbonyl (C=O) groups is 1. The maximum absolute atomic E-state index is 12.3. The fourth-order valence-corrected chi connectivity index (χ4v) is 3.41. The van der Waals surface area contributed by atoms with Crippen LogP contribution in [0.15, 0.2) is 30.6 Å². The van der Waals surface area contributed by atoms with Gasteiger partial charge in [0.25, 0.3) is 0 Å². The first kappa shape index (κ1) is 23.4. The Bertz CT molecular complexity index is 924. The Labute approximate surface area is 187 Å². The van der Waals surface area contributed by atoms with E-state index in [0.29, 0.717) is 17.5 Å². The standard InChI is InChI=1S/C22H29N7O3/c1-16(15-29-7-9-32-10-8-29)24-6-5-17-3-4-19(20(11-17)31-2)27-22(30)28-21-14-25-18(12-23)13-26-21/h3-4,11,13-14,16,24H,5-10,15H2,1-2H3,(H2,26,27,28,30)/t16-/m0/s1. The number of benzene rings is 1. The number of hydrogen-bond donors (Lipinski definition) is 3. The lowest BCUT2D eigenvalue weighted by molar-refractivity contribution is 0.0344. The second-order valence-electron chi connectivity index (χ2n) is 7.53. The summed E-state index contributed by atoms with van der Waals surface area (Å²) in [6.45, 7) is 7.65. The third-order valence-electron chi connectivity index (χ3n) is 5.06. The van der Waals surface area contributed by atoms with E-state index >= 15 is 0 Å². The van der Waals surface area contributed by atoms with Gasteiger partial charge in [-0.1, -0.05) is 6.07 Å². The Balaban J connectivity index is 1.47. The molecule has 10 heteroatoms. The highest BCUT2D eigenvalue weighted by molar-refractivity contribution is 6.00. The Morgan fingerprint density at radius 1 is 1.28 bits per heavy atom. The van der Waals surface area contributed by atoms with Gasteiger partial charge in [-0.05, 0) is 37.6 Å². The lowest BCUT2D eigenvalue weighted by atomic mass is 10.1. The molecular formula is C22H29N7O3. The van der Waals surface area contributed by atoms with Crippen LogP contribution in [0, 0.1) is 11.3 Å². The number of carbonyl (C=O) groups excluding carboxylic acids is 1. The Morgan fingerprint density at radius 2 is 2.09 bits per heavy atom. The van der Waals surface area contributed by atoms with Crippen molar-refractivity contribution in [3.05, 3.63) is 41.9 Å². The highest BCUT2D eigenvalue weighted by atomic mass is 16.5. The zero-order valence-electron chi connectivity index (χ0n) is 18.4. The van der Waals surface area contributed by atoms with Crippen molar-refractivity contribution in [1.82, 2.24) is 20.2 Å². The molecule has 1 aliphatic rings. The van der Waals surface area contributed by atoms with Crippen LogP contribution in [0.25, 0.3) is 0 Å². The highest BCUT2D eigenvalue weighted by Crippen LogP contribution is 2.26. The zero-order chi connectivity index (χ0) is 22.8. The molecule has 2 amide bonds. The van der Waals surface area contributed by atoms with Crippen molar-refractivity contribution in [3.63, 3.8) is 0 Å². The van der Waals surface area contributed by atoms with E-state index in [1.165, 1.54) is 12.4 Å². The summed E-state index contributed by atoms with van der Waals surface area (Å²) in [4.78, 5) is 22.5. The van der Waals surface area contributed by atoms with Gasteiger partial charge >= 0.3 is 6.03 Å². The predicted octanol–water partition coefficient (Wildman–Crippen LogP) is 1.85. The molecule has 2 heterocycles. The number of rotatable bonds is 9. The average Bonchev–Trinajstić information content (AvgIpc) is 2.81. The van der Waals surface area contributed by atoms with Gasteiger partial charge in [0, 0.05) is 25.7 Å². The zero-order valence-corrected chi connectivity index (χ0v) is 18.4. The molecule has 1 atom stereocenters.